The Morgan fingerprint density at radius 2 is 1.71 bits per heavy atom. The van der Waals surface area contributed by atoms with Crippen LogP contribution in [0.4, 0.5) is 17.3 Å². The second kappa shape index (κ2) is 23.7. The number of ether oxygens (including phenoxy) is 2. The van der Waals surface area contributed by atoms with Gasteiger partial charge in [-0.1, -0.05) is 53.9 Å². The summed E-state index contributed by atoms with van der Waals surface area (Å²) in [5.41, 5.74) is 10.4. The summed E-state index contributed by atoms with van der Waals surface area (Å²) in [5.74, 6) is -0.535. The first-order valence-electron chi connectivity index (χ1n) is 10.7. The standard InChI is InChI=1S/C11H18N6O4.C4H10.C3H8O.C2H6/c1-2-3-4-21-11-15-9(13)8(17(19)20)10(16-11)14-7(5-12)6-18;2*1-3-4-2;1-2/h6-7H,2-5,12H2,1H3,(H3,13,14,15,16);3-4H2,1-2H3;3H2,1-2H3;1-2H3. The van der Waals surface area contributed by atoms with Crippen LogP contribution in [0.5, 0.6) is 6.01 Å². The molecule has 0 fully saturated rings. The van der Waals surface area contributed by atoms with Crippen molar-refractivity contribution in [2.24, 2.45) is 5.73 Å². The minimum absolute atomic E-state index is 0.0451. The maximum atomic E-state index is 11.0. The number of nitrogen functional groups attached to an aromatic ring is 1. The number of nitrogens with zero attached hydrogens (tertiary/aromatic N) is 3. The number of carbonyl (C=O) groups is 1. The molecule has 11 nitrogen and oxygen atoms in total. The summed E-state index contributed by atoms with van der Waals surface area (Å²) < 4.78 is 9.81. The molecule has 1 aromatic rings. The molecule has 1 unspecified atom stereocenters. The second-order valence-corrected chi connectivity index (χ2v) is 5.75. The third kappa shape index (κ3) is 16.9. The summed E-state index contributed by atoms with van der Waals surface area (Å²) >= 11 is 0. The van der Waals surface area contributed by atoms with Gasteiger partial charge in [0, 0.05) is 20.3 Å². The van der Waals surface area contributed by atoms with E-state index in [-0.39, 0.29) is 24.2 Å². The third-order valence-corrected chi connectivity index (χ3v) is 3.33. The molecule has 0 aliphatic carbocycles. The number of anilines is 2. The quantitative estimate of drug-likeness (QED) is 0.198. The van der Waals surface area contributed by atoms with E-state index in [1.807, 2.05) is 27.7 Å². The highest BCUT2D eigenvalue weighted by atomic mass is 16.6. The summed E-state index contributed by atoms with van der Waals surface area (Å²) in [6.07, 6.45) is 4.86. The van der Waals surface area contributed by atoms with Gasteiger partial charge in [-0.3, -0.25) is 10.1 Å². The van der Waals surface area contributed by atoms with Crippen molar-refractivity contribution in [2.75, 3.05) is 37.9 Å². The topological polar surface area (TPSA) is 169 Å². The van der Waals surface area contributed by atoms with Gasteiger partial charge < -0.3 is 31.1 Å². The van der Waals surface area contributed by atoms with Crippen LogP contribution in [0.2, 0.25) is 0 Å². The number of rotatable bonds is 11. The number of nitrogens with one attached hydrogen (secondary N) is 1. The molecular formula is C20H42N6O5. The zero-order valence-corrected chi connectivity index (χ0v) is 20.1. The van der Waals surface area contributed by atoms with Crippen LogP contribution in [0.15, 0.2) is 0 Å². The number of unbranched alkanes of at least 4 members (excludes halogenated alkanes) is 2. The van der Waals surface area contributed by atoms with Crippen molar-refractivity contribution in [1.29, 1.82) is 0 Å². The van der Waals surface area contributed by atoms with E-state index < -0.39 is 16.7 Å². The highest BCUT2D eigenvalue weighted by Gasteiger charge is 2.25. The Bertz CT molecular complexity index is 567. The molecule has 0 aliphatic heterocycles. The number of methoxy groups -OCH3 is 1. The first-order valence-corrected chi connectivity index (χ1v) is 10.7. The van der Waals surface area contributed by atoms with Crippen molar-refractivity contribution in [3.05, 3.63) is 10.1 Å². The Balaban J connectivity index is -0.000000660. The van der Waals surface area contributed by atoms with Crippen LogP contribution in [0.3, 0.4) is 0 Å². The van der Waals surface area contributed by atoms with E-state index >= 15 is 0 Å². The van der Waals surface area contributed by atoms with E-state index in [0.717, 1.165) is 19.4 Å². The molecule has 0 saturated carbocycles. The van der Waals surface area contributed by atoms with Crippen molar-refractivity contribution in [1.82, 2.24) is 9.97 Å². The van der Waals surface area contributed by atoms with Crippen LogP contribution in [0, 0.1) is 10.1 Å². The van der Waals surface area contributed by atoms with Gasteiger partial charge in [-0.25, -0.2) is 0 Å². The average Bonchev–Trinajstić information content (AvgIpc) is 2.78. The second-order valence-electron chi connectivity index (χ2n) is 5.75. The molecule has 0 saturated heterocycles. The number of hydrogen-bond donors (Lipinski definition) is 3. The predicted octanol–water partition coefficient (Wildman–Crippen LogP) is 3.57. The number of nitro groups is 1. The molecule has 11 heteroatoms. The van der Waals surface area contributed by atoms with E-state index in [2.05, 4.69) is 33.9 Å². The molecule has 0 amide bonds. The molecule has 0 aromatic carbocycles. The number of nitrogens with two attached hydrogens (primary N) is 2. The lowest BCUT2D eigenvalue weighted by atomic mass is 10.3. The van der Waals surface area contributed by atoms with Crippen LogP contribution < -0.4 is 21.5 Å². The normalized spacial score (nSPS) is 10.1. The van der Waals surface area contributed by atoms with Crippen molar-refractivity contribution < 1.29 is 19.2 Å². The van der Waals surface area contributed by atoms with Gasteiger partial charge in [0.2, 0.25) is 11.6 Å². The first-order chi connectivity index (χ1) is 14.9. The van der Waals surface area contributed by atoms with Crippen LogP contribution >= 0.6 is 0 Å². The van der Waals surface area contributed by atoms with Gasteiger partial charge in [-0.2, -0.15) is 9.97 Å². The minimum Gasteiger partial charge on any atom is -0.463 e. The van der Waals surface area contributed by atoms with Gasteiger partial charge >= 0.3 is 11.7 Å². The monoisotopic (exact) mass is 446 g/mol. The summed E-state index contributed by atoms with van der Waals surface area (Å²) in [6, 6.07) is -0.905. The Morgan fingerprint density at radius 1 is 1.16 bits per heavy atom. The molecule has 0 bridgehead atoms. The predicted molar refractivity (Wildman–Crippen MR) is 126 cm³/mol. The maximum Gasteiger partial charge on any atom is 0.353 e. The first kappa shape index (κ1) is 33.1. The molecular weight excluding hydrogens is 404 g/mol. The van der Waals surface area contributed by atoms with Crippen LogP contribution in [-0.4, -0.2) is 54.1 Å². The van der Waals surface area contributed by atoms with Crippen molar-refractivity contribution in [3.63, 3.8) is 0 Å². The van der Waals surface area contributed by atoms with E-state index in [9.17, 15) is 14.9 Å². The van der Waals surface area contributed by atoms with Gasteiger partial charge in [0.1, 0.15) is 6.29 Å². The Morgan fingerprint density at radius 3 is 2.06 bits per heavy atom. The molecule has 5 N–H and O–H groups in total. The summed E-state index contributed by atoms with van der Waals surface area (Å²) in [4.78, 5) is 28.7. The van der Waals surface area contributed by atoms with Crippen LogP contribution in [0.1, 0.15) is 67.2 Å². The fourth-order valence-electron chi connectivity index (χ4n) is 1.43. The highest BCUT2D eigenvalue weighted by molar-refractivity contribution is 5.72. The lowest BCUT2D eigenvalue weighted by Crippen LogP contribution is -2.31. The number of aromatic nitrogens is 2. The number of aldehydes is 1. The zero-order chi connectivity index (χ0) is 24.7. The molecule has 0 spiro atoms. The van der Waals surface area contributed by atoms with Crippen LogP contribution in [-0.2, 0) is 9.53 Å². The minimum atomic E-state index is -0.818. The van der Waals surface area contributed by atoms with Gasteiger partial charge in [0.25, 0.3) is 0 Å². The molecule has 1 rings (SSSR count). The Hall–Kier alpha value is -2.53. The molecule has 0 radical (unpaired) electrons. The van der Waals surface area contributed by atoms with Crippen molar-refractivity contribution in [3.8, 4) is 6.01 Å². The smallest absolute Gasteiger partial charge is 0.353 e. The maximum absolute atomic E-state index is 11.0. The molecule has 0 aliphatic rings. The largest absolute Gasteiger partial charge is 0.463 e. The molecule has 1 atom stereocenters. The fourth-order valence-corrected chi connectivity index (χ4v) is 1.43. The summed E-state index contributed by atoms with van der Waals surface area (Å²) in [6.45, 7) is 13.4. The molecule has 31 heavy (non-hydrogen) atoms. The number of carbonyl (C=O) groups excluding carboxylic acids is 1. The van der Waals surface area contributed by atoms with Crippen molar-refractivity contribution in [2.45, 2.75) is 73.3 Å². The highest BCUT2D eigenvalue weighted by Crippen LogP contribution is 2.30. The van der Waals surface area contributed by atoms with E-state index in [4.69, 9.17) is 16.2 Å². The van der Waals surface area contributed by atoms with Gasteiger partial charge in [-0.15, -0.1) is 0 Å². The molecule has 1 heterocycles. The van der Waals surface area contributed by atoms with E-state index in [1.54, 1.807) is 7.11 Å². The molecule has 1 aromatic heterocycles. The van der Waals surface area contributed by atoms with Crippen LogP contribution in [0.25, 0.3) is 0 Å². The summed E-state index contributed by atoms with van der Waals surface area (Å²) in [5, 5.41) is 13.6. The lowest BCUT2D eigenvalue weighted by Gasteiger charge is -2.13. The van der Waals surface area contributed by atoms with E-state index in [0.29, 0.717) is 12.9 Å². The summed E-state index contributed by atoms with van der Waals surface area (Å²) in [7, 11) is 1.68. The van der Waals surface area contributed by atoms with E-state index in [1.165, 1.54) is 12.8 Å². The lowest BCUT2D eigenvalue weighted by molar-refractivity contribution is -0.383. The van der Waals surface area contributed by atoms with Gasteiger partial charge in [0.15, 0.2) is 0 Å². The third-order valence-electron chi connectivity index (χ3n) is 3.33. The van der Waals surface area contributed by atoms with Crippen molar-refractivity contribution >= 4 is 23.6 Å². The molecule has 182 valence electrons. The fraction of sp³-hybridized carbons (Fsp3) is 0.750. The zero-order valence-electron chi connectivity index (χ0n) is 20.1. The SMILES string of the molecule is CC.CCCC.CCCCOc1nc(N)c([N+](=O)[O-])c(NC(C=O)CN)n1.CCOC. The Labute approximate surface area is 186 Å². The van der Waals surface area contributed by atoms with Gasteiger partial charge in [0.05, 0.1) is 17.6 Å². The van der Waals surface area contributed by atoms with Gasteiger partial charge in [-0.05, 0) is 13.3 Å². The number of hydrogen-bond acceptors (Lipinski definition) is 10. The Kier molecular flexibility index (Phi) is 25.4. The average molecular weight is 447 g/mol.